The van der Waals surface area contributed by atoms with Crippen molar-refractivity contribution >= 4 is 17.7 Å². The lowest BCUT2D eigenvalue weighted by Crippen LogP contribution is -2.39. The Morgan fingerprint density at radius 3 is 2.68 bits per heavy atom. The van der Waals surface area contributed by atoms with Gasteiger partial charge in [0.05, 0.1) is 5.60 Å². The Morgan fingerprint density at radius 1 is 1.27 bits per heavy atom. The molecule has 0 spiro atoms. The first-order valence-electron chi connectivity index (χ1n) is 8.10. The minimum absolute atomic E-state index is 0.0457. The Hall–Kier alpha value is -1.00. The summed E-state index contributed by atoms with van der Waals surface area (Å²) >= 11 is 1.90. The Bertz CT molecular complexity index is 470. The molecular weight excluding hydrogens is 294 g/mol. The van der Waals surface area contributed by atoms with Crippen molar-refractivity contribution in [2.24, 2.45) is 11.8 Å². The molecular formula is C18H27NO2S. The molecule has 1 aliphatic rings. The van der Waals surface area contributed by atoms with Gasteiger partial charge in [0.2, 0.25) is 5.91 Å². The molecule has 2 unspecified atom stereocenters. The van der Waals surface area contributed by atoms with Crippen molar-refractivity contribution in [1.82, 2.24) is 5.48 Å². The number of hydrogen-bond acceptors (Lipinski definition) is 3. The van der Waals surface area contributed by atoms with Gasteiger partial charge >= 0.3 is 0 Å². The molecule has 0 aliphatic heterocycles. The number of amides is 1. The second-order valence-electron chi connectivity index (χ2n) is 7.03. The van der Waals surface area contributed by atoms with E-state index in [4.69, 9.17) is 4.84 Å². The predicted octanol–water partition coefficient (Wildman–Crippen LogP) is 4.43. The van der Waals surface area contributed by atoms with Gasteiger partial charge in [0, 0.05) is 16.6 Å². The highest BCUT2D eigenvalue weighted by molar-refractivity contribution is 7.99. The molecule has 2 atom stereocenters. The number of carbonyl (C=O) groups is 1. The van der Waals surface area contributed by atoms with Crippen molar-refractivity contribution in [1.29, 1.82) is 0 Å². The second-order valence-corrected chi connectivity index (χ2v) is 8.13. The van der Waals surface area contributed by atoms with Crippen LogP contribution in [-0.4, -0.2) is 17.3 Å². The summed E-state index contributed by atoms with van der Waals surface area (Å²) in [4.78, 5) is 18.9. The zero-order valence-electron chi connectivity index (χ0n) is 13.8. The van der Waals surface area contributed by atoms with Crippen LogP contribution in [0.3, 0.4) is 0 Å². The SMILES string of the molecule is CC(C)(C)ONC(=O)C1CCCC(CSc2ccccc2)C1. The van der Waals surface area contributed by atoms with Crippen LogP contribution in [0, 0.1) is 11.8 Å². The van der Waals surface area contributed by atoms with Gasteiger partial charge in [-0.25, -0.2) is 5.48 Å². The van der Waals surface area contributed by atoms with Crippen LogP contribution in [0.4, 0.5) is 0 Å². The van der Waals surface area contributed by atoms with Crippen LogP contribution in [0.5, 0.6) is 0 Å². The van der Waals surface area contributed by atoms with Gasteiger partial charge in [-0.3, -0.25) is 9.63 Å². The Kier molecular flexibility index (Phi) is 6.33. The molecule has 0 heterocycles. The minimum atomic E-state index is -0.340. The fraction of sp³-hybridized carbons (Fsp3) is 0.611. The van der Waals surface area contributed by atoms with Gasteiger partial charge in [-0.1, -0.05) is 24.6 Å². The summed E-state index contributed by atoms with van der Waals surface area (Å²) in [5.74, 6) is 1.85. The summed E-state index contributed by atoms with van der Waals surface area (Å²) in [5, 5.41) is 0. The molecule has 0 aromatic heterocycles. The molecule has 1 aromatic carbocycles. The third-order valence-corrected chi connectivity index (χ3v) is 5.08. The maximum atomic E-state index is 12.2. The zero-order chi connectivity index (χ0) is 16.0. The summed E-state index contributed by atoms with van der Waals surface area (Å²) in [6.07, 6.45) is 4.31. The largest absolute Gasteiger partial charge is 0.272 e. The lowest BCUT2D eigenvalue weighted by molar-refractivity contribution is -0.151. The predicted molar refractivity (Wildman–Crippen MR) is 91.6 cm³/mol. The number of hydroxylamine groups is 1. The summed E-state index contributed by atoms with van der Waals surface area (Å²) in [7, 11) is 0. The topological polar surface area (TPSA) is 38.3 Å². The van der Waals surface area contributed by atoms with Crippen molar-refractivity contribution < 1.29 is 9.63 Å². The molecule has 1 amide bonds. The van der Waals surface area contributed by atoms with E-state index in [0.29, 0.717) is 5.92 Å². The first kappa shape index (κ1) is 17.4. The highest BCUT2D eigenvalue weighted by Crippen LogP contribution is 2.33. The molecule has 22 heavy (non-hydrogen) atoms. The standard InChI is InChI=1S/C18H27NO2S/c1-18(2,3)21-19-17(20)15-9-7-8-14(12-15)13-22-16-10-5-4-6-11-16/h4-6,10-11,14-15H,7-9,12-13H2,1-3H3,(H,19,20). The van der Waals surface area contributed by atoms with Crippen LogP contribution in [0.1, 0.15) is 46.5 Å². The van der Waals surface area contributed by atoms with E-state index in [2.05, 4.69) is 29.7 Å². The van der Waals surface area contributed by atoms with Crippen LogP contribution in [-0.2, 0) is 9.63 Å². The monoisotopic (exact) mass is 321 g/mol. The lowest BCUT2D eigenvalue weighted by Gasteiger charge is -2.29. The third-order valence-electron chi connectivity index (χ3n) is 3.84. The van der Waals surface area contributed by atoms with Gasteiger partial charge in [0.15, 0.2) is 0 Å². The molecule has 3 nitrogen and oxygen atoms in total. The van der Waals surface area contributed by atoms with Gasteiger partial charge in [-0.05, 0) is 58.1 Å². The van der Waals surface area contributed by atoms with E-state index in [-0.39, 0.29) is 17.4 Å². The maximum Gasteiger partial charge on any atom is 0.246 e. The molecule has 1 N–H and O–H groups in total. The second kappa shape index (κ2) is 8.02. The number of rotatable bonds is 5. The third kappa shape index (κ3) is 6.01. The zero-order valence-corrected chi connectivity index (χ0v) is 14.6. The molecule has 1 fully saturated rings. The number of hydrogen-bond donors (Lipinski definition) is 1. The van der Waals surface area contributed by atoms with Crippen molar-refractivity contribution in [2.75, 3.05) is 5.75 Å². The van der Waals surface area contributed by atoms with Crippen molar-refractivity contribution in [3.8, 4) is 0 Å². The molecule has 1 aliphatic carbocycles. The van der Waals surface area contributed by atoms with Gasteiger partial charge in [-0.2, -0.15) is 0 Å². The molecule has 2 rings (SSSR count). The number of benzene rings is 1. The van der Waals surface area contributed by atoms with E-state index in [9.17, 15) is 4.79 Å². The summed E-state index contributed by atoms with van der Waals surface area (Å²) in [6.45, 7) is 5.81. The van der Waals surface area contributed by atoms with Crippen LogP contribution < -0.4 is 5.48 Å². The normalized spacial score (nSPS) is 22.3. The fourth-order valence-corrected chi connectivity index (χ4v) is 3.78. The molecule has 122 valence electrons. The molecule has 0 radical (unpaired) electrons. The highest BCUT2D eigenvalue weighted by Gasteiger charge is 2.28. The van der Waals surface area contributed by atoms with Crippen molar-refractivity contribution in [3.63, 3.8) is 0 Å². The minimum Gasteiger partial charge on any atom is -0.272 e. The molecule has 0 saturated heterocycles. The van der Waals surface area contributed by atoms with Crippen LogP contribution in [0.2, 0.25) is 0 Å². The van der Waals surface area contributed by atoms with Crippen LogP contribution >= 0.6 is 11.8 Å². The van der Waals surface area contributed by atoms with Gasteiger partial charge in [0.25, 0.3) is 0 Å². The molecule has 1 aromatic rings. The Balaban J connectivity index is 1.77. The molecule has 1 saturated carbocycles. The number of carbonyl (C=O) groups excluding carboxylic acids is 1. The van der Waals surface area contributed by atoms with E-state index in [1.807, 2.05) is 38.6 Å². The van der Waals surface area contributed by atoms with Crippen molar-refractivity contribution in [2.45, 2.75) is 57.0 Å². The lowest BCUT2D eigenvalue weighted by atomic mass is 9.82. The van der Waals surface area contributed by atoms with Crippen LogP contribution in [0.25, 0.3) is 0 Å². The Labute approximate surface area is 138 Å². The summed E-state index contributed by atoms with van der Waals surface area (Å²) in [5.41, 5.74) is 2.30. The molecule has 0 bridgehead atoms. The first-order chi connectivity index (χ1) is 10.4. The van der Waals surface area contributed by atoms with E-state index < -0.39 is 0 Å². The van der Waals surface area contributed by atoms with Crippen LogP contribution in [0.15, 0.2) is 35.2 Å². The quantitative estimate of drug-likeness (QED) is 0.644. The van der Waals surface area contributed by atoms with Gasteiger partial charge in [-0.15, -0.1) is 11.8 Å². The summed E-state index contributed by atoms with van der Waals surface area (Å²) in [6, 6.07) is 10.5. The summed E-state index contributed by atoms with van der Waals surface area (Å²) < 4.78 is 0. The van der Waals surface area contributed by atoms with Crippen molar-refractivity contribution in [3.05, 3.63) is 30.3 Å². The van der Waals surface area contributed by atoms with E-state index in [1.54, 1.807) is 0 Å². The Morgan fingerprint density at radius 2 is 2.00 bits per heavy atom. The first-order valence-corrected chi connectivity index (χ1v) is 9.08. The average molecular weight is 321 g/mol. The van der Waals surface area contributed by atoms with E-state index >= 15 is 0 Å². The highest BCUT2D eigenvalue weighted by atomic mass is 32.2. The average Bonchev–Trinajstić information content (AvgIpc) is 2.51. The number of nitrogens with one attached hydrogen (secondary N) is 1. The van der Waals surface area contributed by atoms with E-state index in [0.717, 1.165) is 25.0 Å². The van der Waals surface area contributed by atoms with E-state index in [1.165, 1.54) is 11.3 Å². The smallest absolute Gasteiger partial charge is 0.246 e. The number of thioether (sulfide) groups is 1. The van der Waals surface area contributed by atoms with Gasteiger partial charge in [0.1, 0.15) is 0 Å². The van der Waals surface area contributed by atoms with Gasteiger partial charge < -0.3 is 0 Å². The fourth-order valence-electron chi connectivity index (χ4n) is 2.70. The maximum absolute atomic E-state index is 12.2. The molecule has 4 heteroatoms.